The molecule has 1 aliphatic heterocycles. The van der Waals surface area contributed by atoms with Crippen molar-refractivity contribution < 1.29 is 19.1 Å². The van der Waals surface area contributed by atoms with E-state index in [4.69, 9.17) is 14.2 Å². The van der Waals surface area contributed by atoms with Crippen LogP contribution in [0.15, 0.2) is 36.4 Å². The molecule has 0 fully saturated rings. The van der Waals surface area contributed by atoms with Crippen LogP contribution < -0.4 is 14.2 Å². The summed E-state index contributed by atoms with van der Waals surface area (Å²) in [6.07, 6.45) is 0. The molecule has 25 heavy (non-hydrogen) atoms. The molecule has 0 spiro atoms. The normalized spacial score (nSPS) is 12.4. The number of fused-ring (bicyclic) bond motifs is 1. The van der Waals surface area contributed by atoms with Crippen LogP contribution in [0.25, 0.3) is 0 Å². The first kappa shape index (κ1) is 17.0. The standard InChI is InChI=1S/C18H20N2O5/c1-3-19(10-13-4-6-17-18(8-13)25-12-24-17)11-14-9-15(20(21)22)5-7-16(14)23-2/h4-9H,3,10-12H2,1-2H3. The van der Waals surface area contributed by atoms with Crippen molar-refractivity contribution in [1.82, 2.24) is 4.90 Å². The summed E-state index contributed by atoms with van der Waals surface area (Å²) in [4.78, 5) is 12.8. The van der Waals surface area contributed by atoms with Crippen LogP contribution in [0.4, 0.5) is 5.69 Å². The molecule has 0 saturated carbocycles. The van der Waals surface area contributed by atoms with Crippen LogP contribution in [0.1, 0.15) is 18.1 Å². The first-order valence-corrected chi connectivity index (χ1v) is 8.03. The third-order valence-electron chi connectivity index (χ3n) is 4.16. The quantitative estimate of drug-likeness (QED) is 0.566. The lowest BCUT2D eigenvalue weighted by Gasteiger charge is -2.22. The number of rotatable bonds is 7. The lowest BCUT2D eigenvalue weighted by atomic mass is 10.1. The van der Waals surface area contributed by atoms with E-state index in [0.29, 0.717) is 18.8 Å². The van der Waals surface area contributed by atoms with Gasteiger partial charge >= 0.3 is 0 Å². The Morgan fingerprint density at radius 3 is 2.68 bits per heavy atom. The molecule has 132 valence electrons. The van der Waals surface area contributed by atoms with Crippen LogP contribution in [0.3, 0.4) is 0 Å². The van der Waals surface area contributed by atoms with Gasteiger partial charge in [-0.05, 0) is 30.3 Å². The van der Waals surface area contributed by atoms with Gasteiger partial charge in [-0.2, -0.15) is 0 Å². The smallest absolute Gasteiger partial charge is 0.270 e. The van der Waals surface area contributed by atoms with Crippen molar-refractivity contribution >= 4 is 5.69 Å². The fraction of sp³-hybridized carbons (Fsp3) is 0.333. The van der Waals surface area contributed by atoms with E-state index < -0.39 is 4.92 Å². The van der Waals surface area contributed by atoms with Gasteiger partial charge in [0.1, 0.15) is 5.75 Å². The summed E-state index contributed by atoms with van der Waals surface area (Å²) in [7, 11) is 1.57. The highest BCUT2D eigenvalue weighted by Crippen LogP contribution is 2.33. The Bertz CT molecular complexity index is 778. The van der Waals surface area contributed by atoms with Crippen LogP contribution in [0, 0.1) is 10.1 Å². The average molecular weight is 344 g/mol. The predicted octanol–water partition coefficient (Wildman–Crippen LogP) is 3.35. The number of ether oxygens (including phenoxy) is 3. The second kappa shape index (κ2) is 7.40. The summed E-state index contributed by atoms with van der Waals surface area (Å²) in [5, 5.41) is 11.0. The number of hydrogen-bond donors (Lipinski definition) is 0. The molecular weight excluding hydrogens is 324 g/mol. The van der Waals surface area contributed by atoms with E-state index in [1.807, 2.05) is 18.2 Å². The Kier molecular flexibility index (Phi) is 5.04. The molecule has 1 heterocycles. The SMILES string of the molecule is CCN(Cc1ccc2c(c1)OCO2)Cc1cc([N+](=O)[O-])ccc1OC. The van der Waals surface area contributed by atoms with Crippen molar-refractivity contribution in [3.63, 3.8) is 0 Å². The zero-order valence-electron chi connectivity index (χ0n) is 14.2. The number of benzene rings is 2. The van der Waals surface area contributed by atoms with Gasteiger partial charge in [0, 0.05) is 30.8 Å². The zero-order valence-corrected chi connectivity index (χ0v) is 14.2. The lowest BCUT2D eigenvalue weighted by Crippen LogP contribution is -2.22. The Hall–Kier alpha value is -2.80. The number of nitro benzene ring substituents is 1. The molecular formula is C18H20N2O5. The van der Waals surface area contributed by atoms with Crippen molar-refractivity contribution in [3.8, 4) is 17.2 Å². The average Bonchev–Trinajstić information content (AvgIpc) is 3.08. The van der Waals surface area contributed by atoms with Crippen molar-refractivity contribution in [2.45, 2.75) is 20.0 Å². The van der Waals surface area contributed by atoms with E-state index in [-0.39, 0.29) is 12.5 Å². The minimum atomic E-state index is -0.392. The van der Waals surface area contributed by atoms with E-state index in [1.165, 1.54) is 6.07 Å². The third kappa shape index (κ3) is 3.83. The van der Waals surface area contributed by atoms with E-state index in [9.17, 15) is 10.1 Å². The molecule has 7 heteroatoms. The lowest BCUT2D eigenvalue weighted by molar-refractivity contribution is -0.385. The zero-order chi connectivity index (χ0) is 17.8. The first-order chi connectivity index (χ1) is 12.1. The second-order valence-electron chi connectivity index (χ2n) is 5.74. The predicted molar refractivity (Wildman–Crippen MR) is 92.0 cm³/mol. The topological polar surface area (TPSA) is 74.1 Å². The fourth-order valence-corrected chi connectivity index (χ4v) is 2.82. The van der Waals surface area contributed by atoms with Crippen LogP contribution in [-0.4, -0.2) is 30.3 Å². The van der Waals surface area contributed by atoms with Gasteiger partial charge in [-0.15, -0.1) is 0 Å². The van der Waals surface area contributed by atoms with Crippen molar-refractivity contribution in [2.24, 2.45) is 0 Å². The van der Waals surface area contributed by atoms with Crippen molar-refractivity contribution in [3.05, 3.63) is 57.6 Å². The minimum absolute atomic E-state index is 0.0648. The summed E-state index contributed by atoms with van der Waals surface area (Å²) < 4.78 is 16.1. The molecule has 0 radical (unpaired) electrons. The van der Waals surface area contributed by atoms with Gasteiger partial charge in [0.2, 0.25) is 6.79 Å². The van der Waals surface area contributed by atoms with Gasteiger partial charge in [-0.1, -0.05) is 13.0 Å². The van der Waals surface area contributed by atoms with E-state index in [1.54, 1.807) is 19.2 Å². The van der Waals surface area contributed by atoms with E-state index in [0.717, 1.165) is 29.2 Å². The Morgan fingerprint density at radius 1 is 1.16 bits per heavy atom. The van der Waals surface area contributed by atoms with Crippen molar-refractivity contribution in [1.29, 1.82) is 0 Å². The summed E-state index contributed by atoms with van der Waals surface area (Å²) in [6, 6.07) is 10.5. The summed E-state index contributed by atoms with van der Waals surface area (Å²) in [5.41, 5.74) is 1.95. The molecule has 1 aliphatic rings. The van der Waals surface area contributed by atoms with E-state index >= 15 is 0 Å². The van der Waals surface area contributed by atoms with Gasteiger partial charge in [-0.25, -0.2) is 0 Å². The molecule has 0 unspecified atom stereocenters. The molecule has 0 bridgehead atoms. The third-order valence-corrected chi connectivity index (χ3v) is 4.16. The Labute approximate surface area is 145 Å². The summed E-state index contributed by atoms with van der Waals surface area (Å²) in [6.45, 7) is 4.34. The molecule has 0 N–H and O–H groups in total. The maximum Gasteiger partial charge on any atom is 0.270 e. The van der Waals surface area contributed by atoms with Crippen LogP contribution in [-0.2, 0) is 13.1 Å². The number of methoxy groups -OCH3 is 1. The van der Waals surface area contributed by atoms with Crippen LogP contribution in [0.2, 0.25) is 0 Å². The Balaban J connectivity index is 1.78. The van der Waals surface area contributed by atoms with Gasteiger partial charge in [0.15, 0.2) is 11.5 Å². The minimum Gasteiger partial charge on any atom is -0.496 e. The number of nitrogens with zero attached hydrogens (tertiary/aromatic N) is 2. The highest BCUT2D eigenvalue weighted by Gasteiger charge is 2.17. The highest BCUT2D eigenvalue weighted by molar-refractivity contribution is 5.45. The van der Waals surface area contributed by atoms with Crippen LogP contribution in [0.5, 0.6) is 17.2 Å². The molecule has 7 nitrogen and oxygen atoms in total. The largest absolute Gasteiger partial charge is 0.496 e. The first-order valence-electron chi connectivity index (χ1n) is 8.03. The Morgan fingerprint density at radius 2 is 1.96 bits per heavy atom. The molecule has 0 amide bonds. The van der Waals surface area contributed by atoms with Crippen molar-refractivity contribution in [2.75, 3.05) is 20.4 Å². The maximum absolute atomic E-state index is 11.0. The van der Waals surface area contributed by atoms with Crippen LogP contribution >= 0.6 is 0 Å². The summed E-state index contributed by atoms with van der Waals surface area (Å²) in [5.74, 6) is 2.16. The highest BCUT2D eigenvalue weighted by atomic mass is 16.7. The molecule has 3 rings (SSSR count). The molecule has 0 aromatic heterocycles. The number of hydrogen-bond acceptors (Lipinski definition) is 6. The number of nitro groups is 1. The van der Waals surface area contributed by atoms with E-state index in [2.05, 4.69) is 11.8 Å². The molecule has 2 aromatic carbocycles. The molecule has 2 aromatic rings. The number of non-ortho nitro benzene ring substituents is 1. The maximum atomic E-state index is 11.0. The summed E-state index contributed by atoms with van der Waals surface area (Å²) >= 11 is 0. The van der Waals surface area contributed by atoms with Gasteiger partial charge < -0.3 is 14.2 Å². The fourth-order valence-electron chi connectivity index (χ4n) is 2.82. The molecule has 0 aliphatic carbocycles. The molecule has 0 saturated heterocycles. The second-order valence-corrected chi connectivity index (χ2v) is 5.74. The monoisotopic (exact) mass is 344 g/mol. The van der Waals surface area contributed by atoms with Gasteiger partial charge in [-0.3, -0.25) is 15.0 Å². The van der Waals surface area contributed by atoms with Gasteiger partial charge in [0.05, 0.1) is 12.0 Å². The molecule has 0 atom stereocenters. The van der Waals surface area contributed by atoms with Gasteiger partial charge in [0.25, 0.3) is 5.69 Å².